The number of carbonyl (C=O) groups is 3. The highest BCUT2D eigenvalue weighted by molar-refractivity contribution is 5.81. The number of urea groups is 1. The van der Waals surface area contributed by atoms with Crippen LogP contribution in [0.5, 0.6) is 0 Å². The summed E-state index contributed by atoms with van der Waals surface area (Å²) >= 11 is 0. The Morgan fingerprint density at radius 1 is 1.28 bits per heavy atom. The molecule has 0 aromatic heterocycles. The average Bonchev–Trinajstić information content (AvgIpc) is 2.23. The minimum atomic E-state index is -0.997. The first-order valence-electron chi connectivity index (χ1n) is 5.49. The Morgan fingerprint density at radius 3 is 2.22 bits per heavy atom. The van der Waals surface area contributed by atoms with Gasteiger partial charge >= 0.3 is 18.0 Å². The van der Waals surface area contributed by atoms with Crippen molar-refractivity contribution in [1.29, 1.82) is 0 Å². The van der Waals surface area contributed by atoms with Crippen LogP contribution in [0, 0.1) is 5.41 Å². The smallest absolute Gasteiger partial charge is 0.325 e. The number of hydrogen-bond donors (Lipinski definition) is 3. The predicted molar refractivity (Wildman–Crippen MR) is 64.0 cm³/mol. The van der Waals surface area contributed by atoms with Gasteiger partial charge in [0.15, 0.2) is 0 Å². The monoisotopic (exact) mass is 260 g/mol. The van der Waals surface area contributed by atoms with E-state index in [0.29, 0.717) is 0 Å². The largest absolute Gasteiger partial charge is 0.481 e. The van der Waals surface area contributed by atoms with Gasteiger partial charge in [0.2, 0.25) is 0 Å². The third kappa shape index (κ3) is 6.72. The van der Waals surface area contributed by atoms with Crippen LogP contribution in [0.25, 0.3) is 0 Å². The highest BCUT2D eigenvalue weighted by atomic mass is 16.5. The summed E-state index contributed by atoms with van der Waals surface area (Å²) in [6.07, 6.45) is -0.185. The van der Waals surface area contributed by atoms with Crippen LogP contribution >= 0.6 is 0 Å². The van der Waals surface area contributed by atoms with E-state index < -0.39 is 29.4 Å². The molecular formula is C11H20N2O5. The zero-order valence-electron chi connectivity index (χ0n) is 11.1. The minimum absolute atomic E-state index is 0.185. The predicted octanol–water partition coefficient (Wildman–Crippen LogP) is 0.348. The SMILES string of the molecule is COC(=O)CNC(=O)NC(CC(=O)O)C(C)(C)C. The van der Waals surface area contributed by atoms with E-state index in [9.17, 15) is 14.4 Å². The van der Waals surface area contributed by atoms with E-state index in [-0.39, 0.29) is 13.0 Å². The molecule has 3 N–H and O–H groups in total. The average molecular weight is 260 g/mol. The Balaban J connectivity index is 4.36. The van der Waals surface area contributed by atoms with Gasteiger partial charge in [-0.1, -0.05) is 20.8 Å². The molecule has 0 aromatic rings. The maximum Gasteiger partial charge on any atom is 0.325 e. The molecule has 0 aliphatic heterocycles. The second kappa shape index (κ2) is 6.83. The Hall–Kier alpha value is -1.79. The topological polar surface area (TPSA) is 105 Å². The lowest BCUT2D eigenvalue weighted by molar-refractivity contribution is -0.140. The first-order valence-corrected chi connectivity index (χ1v) is 5.49. The van der Waals surface area contributed by atoms with Gasteiger partial charge in [0.25, 0.3) is 0 Å². The van der Waals surface area contributed by atoms with E-state index in [4.69, 9.17) is 5.11 Å². The number of hydrogen-bond acceptors (Lipinski definition) is 4. The Bertz CT molecular complexity index is 322. The third-order valence-electron chi connectivity index (χ3n) is 2.35. The standard InChI is InChI=1S/C11H20N2O5/c1-11(2,3)7(5-8(14)15)13-10(17)12-6-9(16)18-4/h7H,5-6H2,1-4H3,(H,14,15)(H2,12,13,17). The van der Waals surface area contributed by atoms with Crippen LogP contribution in [0.3, 0.4) is 0 Å². The molecular weight excluding hydrogens is 240 g/mol. The highest BCUT2D eigenvalue weighted by Gasteiger charge is 2.28. The number of aliphatic carboxylic acids is 1. The fraction of sp³-hybridized carbons (Fsp3) is 0.727. The lowest BCUT2D eigenvalue weighted by Gasteiger charge is -2.30. The molecule has 7 heteroatoms. The lowest BCUT2D eigenvalue weighted by Crippen LogP contribution is -2.49. The number of amides is 2. The van der Waals surface area contributed by atoms with E-state index in [0.717, 1.165) is 0 Å². The van der Waals surface area contributed by atoms with Crippen molar-refractivity contribution in [2.45, 2.75) is 33.2 Å². The zero-order valence-corrected chi connectivity index (χ0v) is 11.1. The van der Waals surface area contributed by atoms with Crippen molar-refractivity contribution in [3.63, 3.8) is 0 Å². The molecule has 1 atom stereocenters. The van der Waals surface area contributed by atoms with E-state index in [1.807, 2.05) is 20.8 Å². The van der Waals surface area contributed by atoms with Gasteiger partial charge in [0.05, 0.1) is 13.5 Å². The Morgan fingerprint density at radius 2 is 1.83 bits per heavy atom. The highest BCUT2D eigenvalue weighted by Crippen LogP contribution is 2.21. The fourth-order valence-electron chi connectivity index (χ4n) is 1.18. The summed E-state index contributed by atoms with van der Waals surface area (Å²) in [7, 11) is 1.21. The summed E-state index contributed by atoms with van der Waals surface area (Å²) < 4.78 is 4.36. The van der Waals surface area contributed by atoms with Crippen molar-refractivity contribution in [2.24, 2.45) is 5.41 Å². The molecule has 0 radical (unpaired) electrons. The molecule has 0 saturated heterocycles. The molecule has 18 heavy (non-hydrogen) atoms. The van der Waals surface area contributed by atoms with Gasteiger partial charge in [-0.2, -0.15) is 0 Å². The van der Waals surface area contributed by atoms with Crippen molar-refractivity contribution in [3.8, 4) is 0 Å². The molecule has 0 aliphatic carbocycles. The van der Waals surface area contributed by atoms with Gasteiger partial charge in [-0.3, -0.25) is 9.59 Å². The van der Waals surface area contributed by atoms with Crippen LogP contribution in [0.2, 0.25) is 0 Å². The number of carboxylic acid groups (broad SMARTS) is 1. The van der Waals surface area contributed by atoms with Crippen LogP contribution in [0.15, 0.2) is 0 Å². The van der Waals surface area contributed by atoms with E-state index in [2.05, 4.69) is 15.4 Å². The summed E-state index contributed by atoms with van der Waals surface area (Å²) in [4.78, 5) is 33.0. The summed E-state index contributed by atoms with van der Waals surface area (Å²) in [5.41, 5.74) is -0.402. The Labute approximate surface area is 106 Å². The molecule has 0 rings (SSSR count). The van der Waals surface area contributed by atoms with Crippen molar-refractivity contribution >= 4 is 18.0 Å². The zero-order chi connectivity index (χ0) is 14.3. The quantitative estimate of drug-likeness (QED) is 0.618. The maximum absolute atomic E-state index is 11.5. The van der Waals surface area contributed by atoms with E-state index in [1.165, 1.54) is 7.11 Å². The number of methoxy groups -OCH3 is 1. The van der Waals surface area contributed by atoms with Gasteiger partial charge in [-0.15, -0.1) is 0 Å². The molecule has 0 spiro atoms. The first kappa shape index (κ1) is 16.2. The molecule has 7 nitrogen and oxygen atoms in total. The first-order chi connectivity index (χ1) is 8.16. The van der Waals surface area contributed by atoms with Crippen LogP contribution in [-0.2, 0) is 14.3 Å². The summed E-state index contributed by atoms with van der Waals surface area (Å²) in [6.45, 7) is 5.20. The van der Waals surface area contributed by atoms with Gasteiger partial charge in [-0.05, 0) is 5.41 Å². The molecule has 0 heterocycles. The maximum atomic E-state index is 11.5. The summed E-state index contributed by atoms with van der Waals surface area (Å²) in [6, 6.07) is -1.13. The van der Waals surface area contributed by atoms with Crippen LogP contribution in [-0.4, -0.2) is 42.8 Å². The van der Waals surface area contributed by atoms with Crippen molar-refractivity contribution in [1.82, 2.24) is 10.6 Å². The number of carbonyl (C=O) groups excluding carboxylic acids is 2. The third-order valence-corrected chi connectivity index (χ3v) is 2.35. The number of rotatable bonds is 5. The molecule has 0 fully saturated rings. The van der Waals surface area contributed by atoms with Gasteiger partial charge in [0.1, 0.15) is 6.54 Å². The van der Waals surface area contributed by atoms with Crippen LogP contribution in [0.1, 0.15) is 27.2 Å². The van der Waals surface area contributed by atoms with Gasteiger partial charge < -0.3 is 20.5 Å². The second-order valence-electron chi connectivity index (χ2n) is 4.92. The molecule has 0 aromatic carbocycles. The number of carboxylic acids is 1. The summed E-state index contributed by atoms with van der Waals surface area (Å²) in [5.74, 6) is -1.57. The normalized spacial score (nSPS) is 12.4. The number of ether oxygens (including phenoxy) is 1. The van der Waals surface area contributed by atoms with Crippen molar-refractivity contribution in [3.05, 3.63) is 0 Å². The molecule has 0 aliphatic rings. The molecule has 1 unspecified atom stereocenters. The van der Waals surface area contributed by atoms with Crippen LogP contribution < -0.4 is 10.6 Å². The van der Waals surface area contributed by atoms with Gasteiger partial charge in [0, 0.05) is 6.04 Å². The van der Waals surface area contributed by atoms with Crippen molar-refractivity contribution < 1.29 is 24.2 Å². The molecule has 0 bridgehead atoms. The minimum Gasteiger partial charge on any atom is -0.481 e. The molecule has 104 valence electrons. The lowest BCUT2D eigenvalue weighted by atomic mass is 9.85. The van der Waals surface area contributed by atoms with Crippen molar-refractivity contribution in [2.75, 3.05) is 13.7 Å². The molecule has 0 saturated carbocycles. The fourth-order valence-corrected chi connectivity index (χ4v) is 1.18. The second-order valence-corrected chi connectivity index (χ2v) is 4.92. The van der Waals surface area contributed by atoms with Gasteiger partial charge in [-0.25, -0.2) is 4.79 Å². The molecule has 2 amide bonds. The number of nitrogens with one attached hydrogen (secondary N) is 2. The van der Waals surface area contributed by atoms with Crippen LogP contribution in [0.4, 0.5) is 4.79 Å². The number of esters is 1. The summed E-state index contributed by atoms with van der Waals surface area (Å²) in [5, 5.41) is 13.6. The Kier molecular flexibility index (Phi) is 6.15. The van der Waals surface area contributed by atoms with E-state index >= 15 is 0 Å². The van der Waals surface area contributed by atoms with E-state index in [1.54, 1.807) is 0 Å².